The van der Waals surface area contributed by atoms with E-state index in [9.17, 15) is 28.1 Å². The fourth-order valence-electron chi connectivity index (χ4n) is 2.26. The van der Waals surface area contributed by atoms with Gasteiger partial charge in [0, 0.05) is 6.07 Å². The zero-order valence-electron chi connectivity index (χ0n) is 13.3. The van der Waals surface area contributed by atoms with Gasteiger partial charge in [-0.3, -0.25) is 10.1 Å². The van der Waals surface area contributed by atoms with Crippen LogP contribution in [0.4, 0.5) is 18.9 Å². The summed E-state index contributed by atoms with van der Waals surface area (Å²) in [5.74, 6) is 0.0915. The van der Waals surface area contributed by atoms with Gasteiger partial charge in [-0.1, -0.05) is 12.1 Å². The van der Waals surface area contributed by atoms with Gasteiger partial charge < -0.3 is 14.5 Å². The van der Waals surface area contributed by atoms with Gasteiger partial charge >= 0.3 is 11.9 Å². The minimum absolute atomic E-state index is 0.0915. The molecule has 0 saturated carbocycles. The van der Waals surface area contributed by atoms with E-state index in [-0.39, 0.29) is 22.7 Å². The average molecular weight is 381 g/mol. The van der Waals surface area contributed by atoms with Crippen molar-refractivity contribution < 1.29 is 27.6 Å². The van der Waals surface area contributed by atoms with E-state index in [1.165, 1.54) is 24.3 Å². The number of nitro benzene ring substituents is 1. The van der Waals surface area contributed by atoms with Gasteiger partial charge in [-0.25, -0.2) is 4.79 Å². The summed E-state index contributed by atoms with van der Waals surface area (Å²) in [7, 11) is 0. The van der Waals surface area contributed by atoms with E-state index >= 15 is 0 Å². The third kappa shape index (κ3) is 4.14. The Kier molecular flexibility index (Phi) is 4.67. The first-order valence-corrected chi connectivity index (χ1v) is 7.36. The molecule has 2 heterocycles. The minimum Gasteiger partial charge on any atom is -0.454 e. The molecule has 140 valence electrons. The molecule has 1 atom stereocenters. The predicted molar refractivity (Wildman–Crippen MR) is 85.0 cm³/mol. The molecular formula is C16H10F3N3O5. The monoisotopic (exact) mass is 381 g/mol. The number of halogens is 3. The number of para-hydroxylation sites is 1. The van der Waals surface area contributed by atoms with Crippen LogP contribution in [0.5, 0.6) is 0 Å². The van der Waals surface area contributed by atoms with Crippen molar-refractivity contribution in [1.82, 2.24) is 9.97 Å². The highest BCUT2D eigenvalue weighted by Gasteiger charge is 2.32. The molecule has 1 aromatic heterocycles. The van der Waals surface area contributed by atoms with E-state index in [0.29, 0.717) is 6.07 Å². The maximum Gasteiger partial charge on any atom is 0.431 e. The van der Waals surface area contributed by atoms with E-state index in [4.69, 9.17) is 9.47 Å². The summed E-state index contributed by atoms with van der Waals surface area (Å²) in [6, 6.07) is 6.46. The lowest BCUT2D eigenvalue weighted by molar-refractivity contribution is -0.386. The van der Waals surface area contributed by atoms with Crippen molar-refractivity contribution in [1.29, 1.82) is 0 Å². The van der Waals surface area contributed by atoms with Crippen LogP contribution in [0.3, 0.4) is 0 Å². The van der Waals surface area contributed by atoms with Crippen LogP contribution in [0.1, 0.15) is 23.2 Å². The number of rotatable bonds is 4. The standard InChI is InChI=1S/C16H10F3N3O5/c17-16(18,19)13-7-9(20-15(23)21-13)5-6-10-8-26-14(27-10)11-3-1-2-4-12(11)22(24)25/h1-8,14H,(H,20,21,23). The fraction of sp³-hybridized carbons (Fsp3) is 0.125. The summed E-state index contributed by atoms with van der Waals surface area (Å²) in [6.45, 7) is 0. The quantitative estimate of drug-likeness (QED) is 0.643. The molecule has 1 aliphatic rings. The average Bonchev–Trinajstić information content (AvgIpc) is 3.07. The molecule has 0 radical (unpaired) electrons. The predicted octanol–water partition coefficient (Wildman–Crippen LogP) is 3.30. The van der Waals surface area contributed by atoms with Gasteiger partial charge in [0.15, 0.2) is 5.76 Å². The van der Waals surface area contributed by atoms with Gasteiger partial charge in [0.2, 0.25) is 0 Å². The van der Waals surface area contributed by atoms with Crippen molar-refractivity contribution in [2.75, 3.05) is 0 Å². The second-order valence-electron chi connectivity index (χ2n) is 5.28. The van der Waals surface area contributed by atoms with E-state index in [1.807, 2.05) is 0 Å². The highest BCUT2D eigenvalue weighted by molar-refractivity contribution is 5.49. The van der Waals surface area contributed by atoms with Crippen molar-refractivity contribution in [3.8, 4) is 0 Å². The molecule has 0 saturated heterocycles. The molecule has 0 aliphatic carbocycles. The topological polar surface area (TPSA) is 107 Å². The lowest BCUT2D eigenvalue weighted by atomic mass is 10.2. The number of aromatic amines is 1. The number of nitro groups is 1. The smallest absolute Gasteiger partial charge is 0.431 e. The summed E-state index contributed by atoms with van der Waals surface area (Å²) in [5.41, 5.74) is -2.66. The fourth-order valence-corrected chi connectivity index (χ4v) is 2.26. The summed E-state index contributed by atoms with van der Waals surface area (Å²) >= 11 is 0. The Labute approximate surface area is 148 Å². The molecule has 1 aliphatic heterocycles. The minimum atomic E-state index is -4.73. The number of H-pyrrole nitrogens is 1. The van der Waals surface area contributed by atoms with Crippen LogP contribution in [-0.2, 0) is 15.7 Å². The van der Waals surface area contributed by atoms with Crippen LogP contribution in [0.2, 0.25) is 0 Å². The molecule has 27 heavy (non-hydrogen) atoms. The zero-order chi connectivity index (χ0) is 19.6. The van der Waals surface area contributed by atoms with Crippen molar-refractivity contribution in [2.24, 2.45) is 0 Å². The summed E-state index contributed by atoms with van der Waals surface area (Å²) in [5, 5.41) is 11.0. The Balaban J connectivity index is 1.77. The van der Waals surface area contributed by atoms with Crippen LogP contribution >= 0.6 is 0 Å². The maximum atomic E-state index is 12.7. The van der Waals surface area contributed by atoms with Crippen LogP contribution in [0.25, 0.3) is 6.08 Å². The molecule has 1 aromatic carbocycles. The van der Waals surface area contributed by atoms with Gasteiger partial charge in [0.05, 0.1) is 10.6 Å². The molecule has 1 N–H and O–H groups in total. The third-order valence-corrected chi connectivity index (χ3v) is 3.43. The summed E-state index contributed by atoms with van der Waals surface area (Å²) < 4.78 is 48.7. The van der Waals surface area contributed by atoms with Crippen LogP contribution in [0, 0.1) is 10.1 Å². The maximum absolute atomic E-state index is 12.7. The number of nitrogens with zero attached hydrogens (tertiary/aromatic N) is 2. The number of ether oxygens (including phenoxy) is 2. The number of nitrogens with one attached hydrogen (secondary N) is 1. The number of alkyl halides is 3. The first-order valence-electron chi connectivity index (χ1n) is 7.36. The lowest BCUT2D eigenvalue weighted by Crippen LogP contribution is -2.19. The molecule has 0 fully saturated rings. The number of benzene rings is 1. The molecule has 0 spiro atoms. The number of hydrogen-bond acceptors (Lipinski definition) is 6. The molecule has 11 heteroatoms. The van der Waals surface area contributed by atoms with Crippen molar-refractivity contribution >= 4 is 11.8 Å². The van der Waals surface area contributed by atoms with Gasteiger partial charge in [0.1, 0.15) is 17.5 Å². The van der Waals surface area contributed by atoms with E-state index in [1.54, 1.807) is 11.1 Å². The van der Waals surface area contributed by atoms with Crippen molar-refractivity contribution in [3.63, 3.8) is 0 Å². The SMILES string of the molecule is O=c1nc(C=CC2=COC(c3ccccc3[N+](=O)[O-])O2)cc(C(F)(F)F)[nH]1. The molecule has 0 bridgehead atoms. The van der Waals surface area contributed by atoms with E-state index < -0.39 is 28.8 Å². The lowest BCUT2D eigenvalue weighted by Gasteiger charge is -2.11. The number of hydrogen-bond donors (Lipinski definition) is 1. The summed E-state index contributed by atoms with van der Waals surface area (Å²) in [4.78, 5) is 26.7. The van der Waals surface area contributed by atoms with Crippen LogP contribution < -0.4 is 5.69 Å². The van der Waals surface area contributed by atoms with Gasteiger partial charge in [-0.2, -0.15) is 18.2 Å². The Bertz CT molecular complexity index is 997. The Morgan fingerprint density at radius 3 is 2.70 bits per heavy atom. The van der Waals surface area contributed by atoms with Crippen molar-refractivity contribution in [2.45, 2.75) is 12.5 Å². The molecule has 3 rings (SSSR count). The largest absolute Gasteiger partial charge is 0.454 e. The molecule has 8 nitrogen and oxygen atoms in total. The van der Waals surface area contributed by atoms with Crippen molar-refractivity contribution in [3.05, 3.63) is 86.0 Å². The molecule has 0 amide bonds. The second kappa shape index (κ2) is 6.94. The molecule has 2 aromatic rings. The van der Waals surface area contributed by atoms with E-state index in [0.717, 1.165) is 12.3 Å². The van der Waals surface area contributed by atoms with Gasteiger partial charge in [-0.15, -0.1) is 0 Å². The van der Waals surface area contributed by atoms with Crippen LogP contribution in [0.15, 0.2) is 53.2 Å². The van der Waals surface area contributed by atoms with Gasteiger partial charge in [-0.05, 0) is 24.3 Å². The summed E-state index contributed by atoms with van der Waals surface area (Å²) in [6.07, 6.45) is -2.30. The first kappa shape index (κ1) is 18.2. The number of aromatic nitrogens is 2. The van der Waals surface area contributed by atoms with Crippen LogP contribution in [-0.4, -0.2) is 14.9 Å². The third-order valence-electron chi connectivity index (χ3n) is 3.43. The highest BCUT2D eigenvalue weighted by Crippen LogP contribution is 2.34. The highest BCUT2D eigenvalue weighted by atomic mass is 19.4. The molecular weight excluding hydrogens is 371 g/mol. The Morgan fingerprint density at radius 1 is 1.26 bits per heavy atom. The number of allylic oxidation sites excluding steroid dienone is 1. The Morgan fingerprint density at radius 2 is 2.00 bits per heavy atom. The normalized spacial score (nSPS) is 16.7. The van der Waals surface area contributed by atoms with E-state index in [2.05, 4.69) is 4.98 Å². The first-order chi connectivity index (χ1) is 12.7. The second-order valence-corrected chi connectivity index (χ2v) is 5.28. The Hall–Kier alpha value is -3.63. The van der Waals surface area contributed by atoms with Gasteiger partial charge in [0.25, 0.3) is 12.0 Å². The molecule has 1 unspecified atom stereocenters. The zero-order valence-corrected chi connectivity index (χ0v) is 13.3.